The van der Waals surface area contributed by atoms with Crippen LogP contribution >= 0.6 is 11.3 Å². The number of rotatable bonds is 5. The average molecular weight is 202 g/mol. The Balaban J connectivity index is 2.44. The summed E-state index contributed by atoms with van der Waals surface area (Å²) in [5.74, 6) is -1.02. The van der Waals surface area contributed by atoms with Gasteiger partial charge in [-0.2, -0.15) is 0 Å². The Morgan fingerprint density at radius 1 is 1.69 bits per heavy atom. The predicted molar refractivity (Wildman–Crippen MR) is 49.3 cm³/mol. The van der Waals surface area contributed by atoms with Gasteiger partial charge < -0.3 is 15.5 Å². The Morgan fingerprint density at radius 2 is 2.46 bits per heavy atom. The van der Waals surface area contributed by atoms with Gasteiger partial charge in [0.1, 0.15) is 0 Å². The van der Waals surface area contributed by atoms with Crippen molar-refractivity contribution in [1.82, 2.24) is 4.98 Å². The second-order valence-corrected chi connectivity index (χ2v) is 3.21. The Hall–Kier alpha value is -1.14. The smallest absolute Gasteiger partial charge is 0.355 e. The van der Waals surface area contributed by atoms with Gasteiger partial charge in [-0.15, -0.1) is 11.3 Å². The highest BCUT2D eigenvalue weighted by Crippen LogP contribution is 2.14. The van der Waals surface area contributed by atoms with E-state index in [0.29, 0.717) is 18.1 Å². The third-order valence-corrected chi connectivity index (χ3v) is 2.13. The molecule has 13 heavy (non-hydrogen) atoms. The summed E-state index contributed by atoms with van der Waals surface area (Å²) in [4.78, 5) is 14.2. The van der Waals surface area contributed by atoms with Gasteiger partial charge >= 0.3 is 5.97 Å². The molecule has 1 aromatic heterocycles. The lowest BCUT2D eigenvalue weighted by Gasteiger charge is -1.98. The number of aliphatic hydroxyl groups excluding tert-OH is 1. The first-order valence-corrected chi connectivity index (χ1v) is 4.65. The molecule has 0 aliphatic rings. The predicted octanol–water partition coefficient (Wildman–Crippen LogP) is 0.636. The number of nitrogens with one attached hydrogen (secondary N) is 1. The molecular weight excluding hydrogens is 192 g/mol. The van der Waals surface area contributed by atoms with E-state index in [0.717, 1.165) is 0 Å². The van der Waals surface area contributed by atoms with Gasteiger partial charge in [-0.3, -0.25) is 0 Å². The topological polar surface area (TPSA) is 82.5 Å². The fourth-order valence-corrected chi connectivity index (χ4v) is 1.44. The van der Waals surface area contributed by atoms with Crippen molar-refractivity contribution in [3.8, 4) is 0 Å². The van der Waals surface area contributed by atoms with Crippen molar-refractivity contribution in [3.63, 3.8) is 0 Å². The van der Waals surface area contributed by atoms with E-state index < -0.39 is 5.97 Å². The van der Waals surface area contributed by atoms with Crippen LogP contribution in [0, 0.1) is 0 Å². The maximum Gasteiger partial charge on any atom is 0.355 e. The molecule has 0 fully saturated rings. The minimum absolute atomic E-state index is 0.0523. The number of carboxylic acids is 1. The van der Waals surface area contributed by atoms with Crippen molar-refractivity contribution in [1.29, 1.82) is 0 Å². The highest BCUT2D eigenvalue weighted by Gasteiger charge is 2.07. The van der Waals surface area contributed by atoms with E-state index in [2.05, 4.69) is 10.3 Å². The van der Waals surface area contributed by atoms with E-state index >= 15 is 0 Å². The van der Waals surface area contributed by atoms with Crippen molar-refractivity contribution in [2.24, 2.45) is 0 Å². The molecule has 72 valence electrons. The second-order valence-electron chi connectivity index (χ2n) is 2.35. The molecule has 6 heteroatoms. The average Bonchev–Trinajstić information content (AvgIpc) is 2.53. The lowest BCUT2D eigenvalue weighted by Crippen LogP contribution is -2.04. The van der Waals surface area contributed by atoms with Crippen molar-refractivity contribution in [2.75, 3.05) is 18.5 Å². The van der Waals surface area contributed by atoms with E-state index in [4.69, 9.17) is 10.2 Å². The van der Waals surface area contributed by atoms with Crippen molar-refractivity contribution < 1.29 is 15.0 Å². The maximum atomic E-state index is 10.4. The van der Waals surface area contributed by atoms with E-state index in [1.807, 2.05) is 0 Å². The summed E-state index contributed by atoms with van der Waals surface area (Å²) >= 11 is 1.24. The van der Waals surface area contributed by atoms with Crippen LogP contribution in [0.15, 0.2) is 5.38 Å². The number of aliphatic hydroxyl groups is 1. The molecule has 0 unspecified atom stereocenters. The zero-order valence-corrected chi connectivity index (χ0v) is 7.67. The summed E-state index contributed by atoms with van der Waals surface area (Å²) in [5, 5.41) is 22.0. The Morgan fingerprint density at radius 3 is 3.00 bits per heavy atom. The number of aromatic carboxylic acids is 1. The monoisotopic (exact) mass is 202 g/mol. The fraction of sp³-hybridized carbons (Fsp3) is 0.429. The number of aromatic nitrogens is 1. The van der Waals surface area contributed by atoms with E-state index in [1.54, 1.807) is 0 Å². The minimum atomic E-state index is -1.02. The number of thiazole rings is 1. The largest absolute Gasteiger partial charge is 0.476 e. The molecule has 0 bridgehead atoms. The Bertz CT molecular complexity index is 287. The van der Waals surface area contributed by atoms with Gasteiger partial charge in [0.25, 0.3) is 0 Å². The Labute approximate surface area is 79.1 Å². The standard InChI is InChI=1S/C7H10N2O3S/c10-3-1-2-8-7-9-5(4-13-7)6(11)12/h4,10H,1-3H2,(H,8,9)(H,11,12). The molecule has 0 amide bonds. The number of carboxylic acid groups (broad SMARTS) is 1. The number of nitrogens with zero attached hydrogens (tertiary/aromatic N) is 1. The zero-order chi connectivity index (χ0) is 9.68. The molecule has 0 saturated carbocycles. The molecule has 0 spiro atoms. The first-order valence-electron chi connectivity index (χ1n) is 3.77. The second kappa shape index (κ2) is 4.78. The van der Waals surface area contributed by atoms with Gasteiger partial charge in [-0.05, 0) is 6.42 Å². The van der Waals surface area contributed by atoms with Crippen LogP contribution in [0.2, 0.25) is 0 Å². The third kappa shape index (κ3) is 3.00. The fourth-order valence-electron chi connectivity index (χ4n) is 0.728. The van der Waals surface area contributed by atoms with E-state index in [9.17, 15) is 4.79 Å². The Kier molecular flexibility index (Phi) is 3.66. The third-order valence-electron chi connectivity index (χ3n) is 1.33. The van der Waals surface area contributed by atoms with Crippen LogP contribution in [0.4, 0.5) is 5.13 Å². The molecule has 0 atom stereocenters. The first-order chi connectivity index (χ1) is 6.24. The highest BCUT2D eigenvalue weighted by atomic mass is 32.1. The molecule has 0 saturated heterocycles. The van der Waals surface area contributed by atoms with Crippen molar-refractivity contribution >= 4 is 22.4 Å². The molecule has 0 aliphatic heterocycles. The molecule has 5 nitrogen and oxygen atoms in total. The van der Waals surface area contributed by atoms with Crippen LogP contribution in [0.5, 0.6) is 0 Å². The summed E-state index contributed by atoms with van der Waals surface area (Å²) in [5.41, 5.74) is 0.0523. The van der Waals surface area contributed by atoms with Gasteiger partial charge in [0, 0.05) is 18.5 Å². The molecule has 0 aromatic carbocycles. The molecule has 3 N–H and O–H groups in total. The first kappa shape index (κ1) is 9.94. The quantitative estimate of drug-likeness (QED) is 0.610. The lowest BCUT2D eigenvalue weighted by atomic mass is 10.4. The SMILES string of the molecule is O=C(O)c1csc(NCCCO)n1. The zero-order valence-electron chi connectivity index (χ0n) is 6.86. The summed E-state index contributed by atoms with van der Waals surface area (Å²) in [6.07, 6.45) is 0.627. The highest BCUT2D eigenvalue weighted by molar-refractivity contribution is 7.13. The normalized spacial score (nSPS) is 9.92. The summed E-state index contributed by atoms with van der Waals surface area (Å²) in [6.45, 7) is 0.716. The lowest BCUT2D eigenvalue weighted by molar-refractivity contribution is 0.0691. The van der Waals surface area contributed by atoms with Crippen LogP contribution in [-0.2, 0) is 0 Å². The summed E-state index contributed by atoms with van der Waals surface area (Å²) in [6, 6.07) is 0. The summed E-state index contributed by atoms with van der Waals surface area (Å²) < 4.78 is 0. The molecule has 1 heterocycles. The molecule has 1 rings (SSSR count). The van der Waals surface area contributed by atoms with E-state index in [-0.39, 0.29) is 12.3 Å². The van der Waals surface area contributed by atoms with Gasteiger partial charge in [0.15, 0.2) is 10.8 Å². The maximum absolute atomic E-state index is 10.4. The van der Waals surface area contributed by atoms with Crippen LogP contribution in [0.25, 0.3) is 0 Å². The number of anilines is 1. The van der Waals surface area contributed by atoms with Gasteiger partial charge in [-0.25, -0.2) is 9.78 Å². The molecule has 0 aliphatic carbocycles. The molecule has 1 aromatic rings. The molecular formula is C7H10N2O3S. The summed E-state index contributed by atoms with van der Waals surface area (Å²) in [7, 11) is 0. The number of hydrogen-bond donors (Lipinski definition) is 3. The van der Waals surface area contributed by atoms with Crippen LogP contribution in [0.3, 0.4) is 0 Å². The number of carbonyl (C=O) groups is 1. The van der Waals surface area contributed by atoms with Gasteiger partial charge in [0.2, 0.25) is 0 Å². The molecule has 0 radical (unpaired) electrons. The van der Waals surface area contributed by atoms with Crippen LogP contribution in [-0.4, -0.2) is 34.3 Å². The van der Waals surface area contributed by atoms with Crippen molar-refractivity contribution in [3.05, 3.63) is 11.1 Å². The number of hydrogen-bond acceptors (Lipinski definition) is 5. The minimum Gasteiger partial charge on any atom is -0.476 e. The van der Waals surface area contributed by atoms with E-state index in [1.165, 1.54) is 16.7 Å². The van der Waals surface area contributed by atoms with Gasteiger partial charge in [-0.1, -0.05) is 0 Å². The van der Waals surface area contributed by atoms with Crippen LogP contribution in [0.1, 0.15) is 16.9 Å². The van der Waals surface area contributed by atoms with Crippen LogP contribution < -0.4 is 5.32 Å². The van der Waals surface area contributed by atoms with Gasteiger partial charge in [0.05, 0.1) is 0 Å². The van der Waals surface area contributed by atoms with Crippen molar-refractivity contribution in [2.45, 2.75) is 6.42 Å².